The molecule has 3 aromatic heterocycles. The van der Waals surface area contributed by atoms with E-state index in [2.05, 4.69) is 27.2 Å². The van der Waals surface area contributed by atoms with Crippen LogP contribution in [0.2, 0.25) is 0 Å². The summed E-state index contributed by atoms with van der Waals surface area (Å²) in [7, 11) is 0. The first kappa shape index (κ1) is 22.1. The van der Waals surface area contributed by atoms with Gasteiger partial charge in [-0.2, -0.15) is 0 Å². The fourth-order valence-electron chi connectivity index (χ4n) is 4.27. The molecule has 3 aromatic rings. The molecular weight excluding hydrogens is 406 g/mol. The lowest BCUT2D eigenvalue weighted by Gasteiger charge is -2.37. The predicted octanol–water partition coefficient (Wildman–Crippen LogP) is 3.04. The maximum atomic E-state index is 13.3. The number of carbonyl (C=O) groups is 1. The van der Waals surface area contributed by atoms with Gasteiger partial charge in [-0.05, 0) is 40.2 Å². The number of hydrogen-bond donors (Lipinski definition) is 1. The Morgan fingerprint density at radius 2 is 1.88 bits per heavy atom. The number of amides is 1. The van der Waals surface area contributed by atoms with E-state index in [0.29, 0.717) is 31.9 Å². The van der Waals surface area contributed by atoms with Gasteiger partial charge in [-0.1, -0.05) is 6.92 Å². The van der Waals surface area contributed by atoms with Gasteiger partial charge < -0.3 is 19.5 Å². The van der Waals surface area contributed by atoms with Gasteiger partial charge in [-0.15, -0.1) is 0 Å². The lowest BCUT2D eigenvalue weighted by atomic mass is 10.1. The minimum Gasteiger partial charge on any atom is -0.372 e. The highest BCUT2D eigenvalue weighted by Crippen LogP contribution is 2.28. The van der Waals surface area contributed by atoms with E-state index in [9.17, 15) is 4.79 Å². The lowest BCUT2D eigenvalue weighted by molar-refractivity contribution is -0.144. The van der Waals surface area contributed by atoms with Crippen LogP contribution in [0.5, 0.6) is 0 Å². The molecule has 1 fully saturated rings. The van der Waals surface area contributed by atoms with Crippen LogP contribution in [0, 0.1) is 6.92 Å². The van der Waals surface area contributed by atoms with Crippen molar-refractivity contribution in [2.24, 2.45) is 0 Å². The predicted molar refractivity (Wildman–Crippen MR) is 123 cm³/mol. The van der Waals surface area contributed by atoms with Gasteiger partial charge in [0.2, 0.25) is 5.91 Å². The van der Waals surface area contributed by atoms with Gasteiger partial charge in [0.15, 0.2) is 5.65 Å². The SMILES string of the molecule is CC[C@@H](Nc1ccnc2c1nc(-c1cnc(C)nc1)n2CC)C(=O)N1C[C@@H](C)O[C@@H](C)C1. The van der Waals surface area contributed by atoms with E-state index in [1.165, 1.54) is 0 Å². The van der Waals surface area contributed by atoms with Crippen LogP contribution in [-0.4, -0.2) is 66.6 Å². The number of imidazole rings is 1. The van der Waals surface area contributed by atoms with Gasteiger partial charge >= 0.3 is 0 Å². The van der Waals surface area contributed by atoms with E-state index in [0.717, 1.165) is 28.2 Å². The van der Waals surface area contributed by atoms with Gasteiger partial charge in [0.25, 0.3) is 0 Å². The first-order valence-electron chi connectivity index (χ1n) is 11.3. The zero-order chi connectivity index (χ0) is 22.8. The average molecular weight is 438 g/mol. The number of anilines is 1. The Morgan fingerprint density at radius 1 is 1.19 bits per heavy atom. The first-order valence-corrected chi connectivity index (χ1v) is 11.3. The number of pyridine rings is 1. The van der Waals surface area contributed by atoms with Crippen molar-refractivity contribution in [1.82, 2.24) is 29.4 Å². The van der Waals surface area contributed by atoms with Gasteiger partial charge in [-0.3, -0.25) is 4.79 Å². The molecule has 0 unspecified atom stereocenters. The number of rotatable bonds is 6. The summed E-state index contributed by atoms with van der Waals surface area (Å²) in [5.74, 6) is 1.56. The molecule has 4 heterocycles. The molecule has 0 bridgehead atoms. The summed E-state index contributed by atoms with van der Waals surface area (Å²) in [4.78, 5) is 33.3. The second-order valence-electron chi connectivity index (χ2n) is 8.34. The van der Waals surface area contributed by atoms with Crippen molar-refractivity contribution >= 4 is 22.8 Å². The second-order valence-corrected chi connectivity index (χ2v) is 8.34. The minimum absolute atomic E-state index is 0.0346. The molecule has 1 aliphatic rings. The Bertz CT molecular complexity index is 1090. The Hall–Kier alpha value is -3.07. The van der Waals surface area contributed by atoms with Crippen LogP contribution in [-0.2, 0) is 16.1 Å². The van der Waals surface area contributed by atoms with Crippen molar-refractivity contribution in [3.63, 3.8) is 0 Å². The van der Waals surface area contributed by atoms with Crippen molar-refractivity contribution in [1.29, 1.82) is 0 Å². The molecule has 170 valence electrons. The number of ether oxygens (including phenoxy) is 1. The Balaban J connectivity index is 1.66. The molecule has 9 heteroatoms. The largest absolute Gasteiger partial charge is 0.372 e. The monoisotopic (exact) mass is 437 g/mol. The van der Waals surface area contributed by atoms with Crippen molar-refractivity contribution in [2.75, 3.05) is 18.4 Å². The number of fused-ring (bicyclic) bond motifs is 1. The smallest absolute Gasteiger partial charge is 0.245 e. The molecule has 1 amide bonds. The molecule has 0 aliphatic carbocycles. The highest BCUT2D eigenvalue weighted by molar-refractivity contribution is 5.92. The minimum atomic E-state index is -0.351. The number of nitrogens with zero attached hydrogens (tertiary/aromatic N) is 6. The van der Waals surface area contributed by atoms with Gasteiger partial charge in [0, 0.05) is 38.2 Å². The van der Waals surface area contributed by atoms with E-state index in [4.69, 9.17) is 9.72 Å². The third-order valence-electron chi connectivity index (χ3n) is 5.76. The Labute approximate surface area is 188 Å². The van der Waals surface area contributed by atoms with E-state index < -0.39 is 0 Å². The normalized spacial score (nSPS) is 19.8. The third kappa shape index (κ3) is 4.29. The molecule has 0 saturated carbocycles. The van der Waals surface area contributed by atoms with Crippen LogP contribution in [0.3, 0.4) is 0 Å². The molecule has 9 nitrogen and oxygen atoms in total. The molecule has 32 heavy (non-hydrogen) atoms. The summed E-state index contributed by atoms with van der Waals surface area (Å²) < 4.78 is 7.83. The van der Waals surface area contributed by atoms with Crippen LogP contribution >= 0.6 is 0 Å². The number of morpholine rings is 1. The maximum Gasteiger partial charge on any atom is 0.245 e. The molecular formula is C23H31N7O2. The van der Waals surface area contributed by atoms with E-state index in [1.807, 2.05) is 43.2 Å². The van der Waals surface area contributed by atoms with E-state index in [1.54, 1.807) is 18.6 Å². The van der Waals surface area contributed by atoms with Crippen LogP contribution in [0.25, 0.3) is 22.6 Å². The third-order valence-corrected chi connectivity index (χ3v) is 5.76. The molecule has 1 aliphatic heterocycles. The Morgan fingerprint density at radius 3 is 2.50 bits per heavy atom. The summed E-state index contributed by atoms with van der Waals surface area (Å²) >= 11 is 0. The zero-order valence-electron chi connectivity index (χ0n) is 19.4. The highest BCUT2D eigenvalue weighted by Gasteiger charge is 2.30. The van der Waals surface area contributed by atoms with Gasteiger partial charge in [0.05, 0.1) is 23.5 Å². The number of hydrogen-bond acceptors (Lipinski definition) is 7. The van der Waals surface area contributed by atoms with Crippen LogP contribution in [0.1, 0.15) is 39.9 Å². The second kappa shape index (κ2) is 9.20. The van der Waals surface area contributed by atoms with Crippen molar-refractivity contribution in [3.8, 4) is 11.4 Å². The molecule has 4 rings (SSSR count). The van der Waals surface area contributed by atoms with Gasteiger partial charge in [-0.25, -0.2) is 19.9 Å². The summed E-state index contributed by atoms with van der Waals surface area (Å²) in [6, 6.07) is 1.53. The fourth-order valence-corrected chi connectivity index (χ4v) is 4.27. The van der Waals surface area contributed by atoms with Gasteiger partial charge in [0.1, 0.15) is 23.2 Å². The van der Waals surface area contributed by atoms with Crippen LogP contribution in [0.4, 0.5) is 5.69 Å². The number of aryl methyl sites for hydroxylation is 2. The highest BCUT2D eigenvalue weighted by atomic mass is 16.5. The standard InChI is InChI=1S/C23H31N7O2/c1-6-18(23(31)29-12-14(3)32-15(4)13-29)27-19-8-9-24-22-20(19)28-21(30(22)7-2)17-10-25-16(5)26-11-17/h8-11,14-15,18H,6-7,12-13H2,1-5H3,(H,24,27)/t14-,15+,18-/m1/s1. The zero-order valence-corrected chi connectivity index (χ0v) is 19.4. The maximum absolute atomic E-state index is 13.3. The molecule has 3 atom stereocenters. The van der Waals surface area contributed by atoms with E-state index >= 15 is 0 Å². The average Bonchev–Trinajstić information content (AvgIpc) is 3.16. The van der Waals surface area contributed by atoms with Crippen molar-refractivity contribution < 1.29 is 9.53 Å². The van der Waals surface area contributed by atoms with Crippen LogP contribution in [0.15, 0.2) is 24.7 Å². The quantitative estimate of drug-likeness (QED) is 0.633. The Kier molecular flexibility index (Phi) is 6.36. The number of carbonyl (C=O) groups excluding carboxylic acids is 1. The summed E-state index contributed by atoms with van der Waals surface area (Å²) in [6.07, 6.45) is 6.05. The molecule has 1 saturated heterocycles. The molecule has 0 radical (unpaired) electrons. The first-order chi connectivity index (χ1) is 15.4. The molecule has 0 spiro atoms. The van der Waals surface area contributed by atoms with Crippen molar-refractivity contribution in [3.05, 3.63) is 30.5 Å². The summed E-state index contributed by atoms with van der Waals surface area (Å²) in [6.45, 7) is 11.9. The van der Waals surface area contributed by atoms with Crippen LogP contribution < -0.4 is 5.32 Å². The topological polar surface area (TPSA) is 98.1 Å². The number of aromatic nitrogens is 5. The summed E-state index contributed by atoms with van der Waals surface area (Å²) in [5.41, 5.74) is 3.13. The number of nitrogens with one attached hydrogen (secondary N) is 1. The summed E-state index contributed by atoms with van der Waals surface area (Å²) in [5, 5.41) is 3.44. The van der Waals surface area contributed by atoms with Crippen molar-refractivity contribution in [2.45, 2.75) is 65.8 Å². The molecule has 1 N–H and O–H groups in total. The lowest BCUT2D eigenvalue weighted by Crippen LogP contribution is -2.52. The van der Waals surface area contributed by atoms with E-state index in [-0.39, 0.29) is 24.2 Å². The molecule has 0 aromatic carbocycles. The fraction of sp³-hybridized carbons (Fsp3) is 0.522.